The molecule has 2 aromatic heterocycles. The third kappa shape index (κ3) is 6.80. The lowest BCUT2D eigenvalue weighted by molar-refractivity contribution is 0.0133. The zero-order valence-electron chi connectivity index (χ0n) is 25.0. The number of amidine groups is 1. The number of carbonyl (C=O) groups excluding carboxylic acids is 1. The monoisotopic (exact) mass is 598 g/mol. The minimum atomic E-state index is -0.0953. The molecule has 0 bridgehead atoms. The zero-order chi connectivity index (χ0) is 29.9. The van der Waals surface area contributed by atoms with Crippen molar-refractivity contribution in [2.24, 2.45) is 10.7 Å². The second-order valence-electron chi connectivity index (χ2n) is 12.7. The largest absolute Gasteiger partial charge is 0.383 e. The molecule has 44 heavy (non-hydrogen) atoms. The predicted molar refractivity (Wildman–Crippen MR) is 169 cm³/mol. The van der Waals surface area contributed by atoms with Crippen molar-refractivity contribution in [3.8, 4) is 0 Å². The first-order valence-corrected chi connectivity index (χ1v) is 16.1. The molecule has 3 aliphatic carbocycles. The number of aromatic nitrogens is 4. The average molecular weight is 599 g/mol. The van der Waals surface area contributed by atoms with E-state index in [2.05, 4.69) is 64.6 Å². The Kier molecular flexibility index (Phi) is 8.32. The van der Waals surface area contributed by atoms with E-state index in [0.29, 0.717) is 36.7 Å². The number of nitrogens with zero attached hydrogens (tertiary/aromatic N) is 4. The quantitative estimate of drug-likeness (QED) is 0.159. The summed E-state index contributed by atoms with van der Waals surface area (Å²) < 4.78 is 5.19. The summed E-state index contributed by atoms with van der Waals surface area (Å²) in [5.41, 5.74) is 10.8. The van der Waals surface area contributed by atoms with Crippen molar-refractivity contribution in [3.05, 3.63) is 58.9 Å². The minimum Gasteiger partial charge on any atom is -0.383 e. The summed E-state index contributed by atoms with van der Waals surface area (Å²) in [4.78, 5) is 26.5. The smallest absolute Gasteiger partial charge is 0.315 e. The molecule has 1 aromatic carbocycles. The number of hydrogen-bond acceptors (Lipinski definition) is 8. The van der Waals surface area contributed by atoms with E-state index in [1.165, 1.54) is 42.5 Å². The SMILES string of the molecule is NC(=NC1COC1)c1ccc2c(c1)CC(NC(=O)NC1CCC(Nc3nccc(Nc4cc(C5CCCC5)[nH]n4)n3)CC1)C2. The van der Waals surface area contributed by atoms with Crippen LogP contribution in [0.3, 0.4) is 0 Å². The minimum absolute atomic E-state index is 0.0743. The molecule has 7 N–H and O–H groups in total. The molecule has 3 fully saturated rings. The third-order valence-electron chi connectivity index (χ3n) is 9.41. The Morgan fingerprint density at radius 3 is 2.48 bits per heavy atom. The van der Waals surface area contributed by atoms with E-state index in [0.717, 1.165) is 49.9 Å². The molecule has 1 unspecified atom stereocenters. The highest BCUT2D eigenvalue weighted by atomic mass is 16.5. The fourth-order valence-electron chi connectivity index (χ4n) is 6.90. The Labute approximate surface area is 257 Å². The molecule has 232 valence electrons. The molecule has 2 saturated carbocycles. The summed E-state index contributed by atoms with van der Waals surface area (Å²) >= 11 is 0. The van der Waals surface area contributed by atoms with E-state index in [1.807, 2.05) is 12.1 Å². The van der Waals surface area contributed by atoms with Gasteiger partial charge >= 0.3 is 6.03 Å². The lowest BCUT2D eigenvalue weighted by Crippen LogP contribution is -2.48. The first-order chi connectivity index (χ1) is 21.5. The van der Waals surface area contributed by atoms with Crippen molar-refractivity contribution >= 4 is 29.5 Å². The summed E-state index contributed by atoms with van der Waals surface area (Å²) in [6.07, 6.45) is 12.1. The number of benzene rings is 1. The first-order valence-electron chi connectivity index (χ1n) is 16.1. The number of ether oxygens (including phenoxy) is 1. The van der Waals surface area contributed by atoms with E-state index < -0.39 is 0 Å². The van der Waals surface area contributed by atoms with Crippen LogP contribution < -0.4 is 27.0 Å². The normalized spacial score (nSPS) is 24.0. The van der Waals surface area contributed by atoms with Gasteiger partial charge in [0.25, 0.3) is 0 Å². The van der Waals surface area contributed by atoms with E-state index in [9.17, 15) is 4.79 Å². The standard InChI is InChI=1S/C32H42N10O2/c33-30(35-26-17-44-18-26)21-6-5-20-14-25(15-22(20)13-21)38-32(43)37-24-9-7-23(8-10-24)36-31-34-12-11-28(40-31)39-29-16-27(41-42-29)19-3-1-2-4-19/h5-6,11-13,16,19,23-26H,1-4,7-10,14-15,17-18H2,(H2,33,35)(H2,37,38,43)(H3,34,36,39,40,41,42). The Balaban J connectivity index is 0.844. The number of nitrogens with one attached hydrogen (secondary N) is 5. The zero-order valence-corrected chi connectivity index (χ0v) is 25.0. The summed E-state index contributed by atoms with van der Waals surface area (Å²) in [5.74, 6) is 3.23. The number of aliphatic imine (C=N–C) groups is 1. The second-order valence-corrected chi connectivity index (χ2v) is 12.7. The van der Waals surface area contributed by atoms with Crippen molar-refractivity contribution in [1.82, 2.24) is 30.8 Å². The van der Waals surface area contributed by atoms with E-state index in [-0.39, 0.29) is 30.2 Å². The van der Waals surface area contributed by atoms with Gasteiger partial charge < -0.3 is 31.7 Å². The van der Waals surface area contributed by atoms with Crippen molar-refractivity contribution in [1.29, 1.82) is 0 Å². The van der Waals surface area contributed by atoms with E-state index in [1.54, 1.807) is 6.20 Å². The number of urea groups is 1. The molecule has 3 heterocycles. The molecular formula is C32H42N10O2. The Morgan fingerprint density at radius 1 is 0.909 bits per heavy atom. The number of carbonyl (C=O) groups is 1. The molecule has 7 rings (SSSR count). The van der Waals surface area contributed by atoms with Crippen LogP contribution in [0.1, 0.15) is 79.7 Å². The molecule has 4 aliphatic rings. The summed E-state index contributed by atoms with van der Waals surface area (Å²) in [7, 11) is 0. The van der Waals surface area contributed by atoms with Gasteiger partial charge in [0.1, 0.15) is 11.7 Å². The maximum Gasteiger partial charge on any atom is 0.315 e. The Morgan fingerprint density at radius 2 is 1.68 bits per heavy atom. The molecule has 2 amide bonds. The number of aromatic amines is 1. The van der Waals surface area contributed by atoms with Crippen LogP contribution in [0.4, 0.5) is 22.4 Å². The van der Waals surface area contributed by atoms with Gasteiger partial charge in [-0.05, 0) is 74.6 Å². The van der Waals surface area contributed by atoms with Crippen molar-refractivity contribution in [2.75, 3.05) is 23.8 Å². The molecule has 12 heteroatoms. The number of nitrogens with two attached hydrogens (primary N) is 1. The van der Waals surface area contributed by atoms with Gasteiger partial charge in [-0.2, -0.15) is 10.1 Å². The molecule has 1 atom stereocenters. The Bertz CT molecular complexity index is 1490. The molecule has 1 aliphatic heterocycles. The van der Waals surface area contributed by atoms with Crippen LogP contribution in [0.5, 0.6) is 0 Å². The molecule has 0 spiro atoms. The van der Waals surface area contributed by atoms with Gasteiger partial charge in [-0.3, -0.25) is 10.1 Å². The van der Waals surface area contributed by atoms with Gasteiger partial charge in [0.2, 0.25) is 5.95 Å². The van der Waals surface area contributed by atoms with Crippen LogP contribution in [0.25, 0.3) is 0 Å². The van der Waals surface area contributed by atoms with Gasteiger partial charge in [-0.1, -0.05) is 25.0 Å². The number of hydrogen-bond donors (Lipinski definition) is 6. The van der Waals surface area contributed by atoms with Crippen LogP contribution in [-0.4, -0.2) is 69.4 Å². The lowest BCUT2D eigenvalue weighted by atomic mass is 9.91. The molecule has 1 saturated heterocycles. The summed E-state index contributed by atoms with van der Waals surface area (Å²) in [6, 6.07) is 10.7. The van der Waals surface area contributed by atoms with Crippen LogP contribution in [0, 0.1) is 0 Å². The van der Waals surface area contributed by atoms with E-state index in [4.69, 9.17) is 10.5 Å². The summed E-state index contributed by atoms with van der Waals surface area (Å²) in [6.45, 7) is 1.28. The maximum absolute atomic E-state index is 12.9. The van der Waals surface area contributed by atoms with Crippen LogP contribution in [0.2, 0.25) is 0 Å². The maximum atomic E-state index is 12.9. The number of amides is 2. The molecular weight excluding hydrogens is 556 g/mol. The predicted octanol–water partition coefficient (Wildman–Crippen LogP) is 3.89. The fourth-order valence-corrected chi connectivity index (χ4v) is 6.90. The third-order valence-corrected chi connectivity index (χ3v) is 9.41. The molecule has 0 radical (unpaired) electrons. The highest BCUT2D eigenvalue weighted by Crippen LogP contribution is 2.34. The van der Waals surface area contributed by atoms with Crippen molar-refractivity contribution in [2.45, 2.75) is 94.3 Å². The van der Waals surface area contributed by atoms with Gasteiger partial charge in [-0.15, -0.1) is 0 Å². The molecule has 3 aromatic rings. The van der Waals surface area contributed by atoms with Crippen molar-refractivity contribution < 1.29 is 9.53 Å². The van der Waals surface area contributed by atoms with Gasteiger partial charge in [0.15, 0.2) is 5.82 Å². The van der Waals surface area contributed by atoms with Gasteiger partial charge in [-0.25, -0.2) is 9.78 Å². The topological polar surface area (TPSA) is 167 Å². The number of rotatable bonds is 9. The highest BCUT2D eigenvalue weighted by molar-refractivity contribution is 5.98. The average Bonchev–Trinajstić information content (AvgIpc) is 3.77. The van der Waals surface area contributed by atoms with Crippen LogP contribution >= 0.6 is 0 Å². The number of anilines is 3. The molecule has 12 nitrogen and oxygen atoms in total. The number of H-pyrrole nitrogens is 1. The summed E-state index contributed by atoms with van der Waals surface area (Å²) in [5, 5.41) is 20.8. The fraction of sp³-hybridized carbons (Fsp3) is 0.531. The van der Waals surface area contributed by atoms with E-state index >= 15 is 0 Å². The highest BCUT2D eigenvalue weighted by Gasteiger charge is 2.27. The van der Waals surface area contributed by atoms with Crippen LogP contribution in [-0.2, 0) is 17.6 Å². The second kappa shape index (κ2) is 12.8. The van der Waals surface area contributed by atoms with Crippen molar-refractivity contribution in [3.63, 3.8) is 0 Å². The number of fused-ring (bicyclic) bond motifs is 1. The lowest BCUT2D eigenvalue weighted by Gasteiger charge is -2.30. The first kappa shape index (κ1) is 28.6. The Hall–Kier alpha value is -4.19. The van der Waals surface area contributed by atoms with Gasteiger partial charge in [0, 0.05) is 47.6 Å². The van der Waals surface area contributed by atoms with Gasteiger partial charge in [0.05, 0.1) is 19.3 Å². The van der Waals surface area contributed by atoms with Crippen LogP contribution in [0.15, 0.2) is 41.5 Å².